The minimum absolute atomic E-state index is 0.379. The summed E-state index contributed by atoms with van der Waals surface area (Å²) in [6.07, 6.45) is 6.06. The molecule has 2 aliphatic rings. The van der Waals surface area contributed by atoms with Crippen LogP contribution in [0.5, 0.6) is 0 Å². The van der Waals surface area contributed by atoms with Gasteiger partial charge in [-0.25, -0.2) is 0 Å². The summed E-state index contributed by atoms with van der Waals surface area (Å²) >= 11 is 0. The van der Waals surface area contributed by atoms with Crippen molar-refractivity contribution in [2.75, 3.05) is 26.8 Å². The molecule has 0 spiro atoms. The Balaban J connectivity index is 1.83. The fourth-order valence-electron chi connectivity index (χ4n) is 2.81. The molecule has 2 rings (SSSR count). The molecule has 2 saturated carbocycles. The standard InChI is InChI=1S/C16H29N3O/c1-13(14-4-5-14)19(10-11-20-3)9-8-16(2,12-17)18-15-6-7-15/h13-15,18H,4-11H2,1-3H3. The molecule has 2 fully saturated rings. The van der Waals surface area contributed by atoms with Crippen molar-refractivity contribution in [3.8, 4) is 6.07 Å². The highest BCUT2D eigenvalue weighted by Crippen LogP contribution is 2.35. The van der Waals surface area contributed by atoms with Crippen molar-refractivity contribution in [3.63, 3.8) is 0 Å². The van der Waals surface area contributed by atoms with Crippen LogP contribution in [0.15, 0.2) is 0 Å². The number of ether oxygens (including phenoxy) is 1. The predicted molar refractivity (Wildman–Crippen MR) is 80.4 cm³/mol. The van der Waals surface area contributed by atoms with Crippen molar-refractivity contribution in [3.05, 3.63) is 0 Å². The van der Waals surface area contributed by atoms with E-state index in [1.807, 2.05) is 6.92 Å². The van der Waals surface area contributed by atoms with Crippen molar-refractivity contribution >= 4 is 0 Å². The molecule has 1 N–H and O–H groups in total. The number of nitriles is 1. The lowest BCUT2D eigenvalue weighted by atomic mass is 9.98. The predicted octanol–water partition coefficient (Wildman–Crippen LogP) is 2.16. The van der Waals surface area contributed by atoms with Crippen LogP contribution in [0.4, 0.5) is 0 Å². The smallest absolute Gasteiger partial charge is 0.105 e. The minimum atomic E-state index is -0.379. The molecule has 0 aromatic carbocycles. The van der Waals surface area contributed by atoms with Crippen LogP contribution in [0.2, 0.25) is 0 Å². The van der Waals surface area contributed by atoms with Gasteiger partial charge in [0, 0.05) is 32.3 Å². The highest BCUT2D eigenvalue weighted by atomic mass is 16.5. The Labute approximate surface area is 123 Å². The maximum Gasteiger partial charge on any atom is 0.105 e. The van der Waals surface area contributed by atoms with Crippen LogP contribution < -0.4 is 5.32 Å². The molecule has 2 atom stereocenters. The van der Waals surface area contributed by atoms with Crippen LogP contribution in [0, 0.1) is 17.2 Å². The number of nitrogens with zero attached hydrogens (tertiary/aromatic N) is 2. The second-order valence-electron chi connectivity index (χ2n) is 6.72. The van der Waals surface area contributed by atoms with Crippen LogP contribution >= 0.6 is 0 Å². The van der Waals surface area contributed by atoms with Crippen LogP contribution in [0.25, 0.3) is 0 Å². The Hall–Kier alpha value is -0.630. The van der Waals surface area contributed by atoms with E-state index in [1.165, 1.54) is 25.7 Å². The number of methoxy groups -OCH3 is 1. The molecular weight excluding hydrogens is 250 g/mol. The number of hydrogen-bond donors (Lipinski definition) is 1. The summed E-state index contributed by atoms with van der Waals surface area (Å²) < 4.78 is 5.23. The van der Waals surface area contributed by atoms with Gasteiger partial charge >= 0.3 is 0 Å². The largest absolute Gasteiger partial charge is 0.383 e. The second kappa shape index (κ2) is 6.89. The molecule has 114 valence electrons. The normalized spacial score (nSPS) is 23.4. The van der Waals surface area contributed by atoms with E-state index in [2.05, 4.69) is 23.2 Å². The Morgan fingerprint density at radius 2 is 2.05 bits per heavy atom. The number of nitrogens with one attached hydrogen (secondary N) is 1. The molecule has 0 saturated heterocycles. The third kappa shape index (κ3) is 4.73. The maximum absolute atomic E-state index is 9.46. The zero-order chi connectivity index (χ0) is 14.6. The van der Waals surface area contributed by atoms with E-state index in [4.69, 9.17) is 4.74 Å². The third-order valence-corrected chi connectivity index (χ3v) is 4.71. The molecule has 4 heteroatoms. The lowest BCUT2D eigenvalue weighted by molar-refractivity contribution is 0.111. The van der Waals surface area contributed by atoms with Gasteiger partial charge in [-0.3, -0.25) is 10.2 Å². The zero-order valence-corrected chi connectivity index (χ0v) is 13.2. The lowest BCUT2D eigenvalue weighted by Gasteiger charge is -2.32. The summed E-state index contributed by atoms with van der Waals surface area (Å²) in [5.41, 5.74) is -0.379. The van der Waals surface area contributed by atoms with Gasteiger partial charge in [0.25, 0.3) is 0 Å². The van der Waals surface area contributed by atoms with Gasteiger partial charge in [0.05, 0.1) is 12.7 Å². The highest BCUT2D eigenvalue weighted by molar-refractivity contribution is 5.07. The van der Waals surface area contributed by atoms with E-state index in [-0.39, 0.29) is 5.54 Å². The van der Waals surface area contributed by atoms with Gasteiger partial charge in [0.1, 0.15) is 5.54 Å². The molecule has 0 amide bonds. The molecular formula is C16H29N3O. The van der Waals surface area contributed by atoms with E-state index < -0.39 is 0 Å². The van der Waals surface area contributed by atoms with Crippen molar-refractivity contribution < 1.29 is 4.74 Å². The van der Waals surface area contributed by atoms with E-state index in [0.29, 0.717) is 12.1 Å². The van der Waals surface area contributed by atoms with E-state index in [9.17, 15) is 5.26 Å². The maximum atomic E-state index is 9.46. The van der Waals surface area contributed by atoms with Crippen LogP contribution in [0.1, 0.15) is 46.0 Å². The average molecular weight is 279 g/mol. The highest BCUT2D eigenvalue weighted by Gasteiger charge is 2.35. The van der Waals surface area contributed by atoms with Gasteiger partial charge in [-0.15, -0.1) is 0 Å². The fourth-order valence-corrected chi connectivity index (χ4v) is 2.81. The van der Waals surface area contributed by atoms with Gasteiger partial charge in [-0.2, -0.15) is 5.26 Å². The first-order valence-corrected chi connectivity index (χ1v) is 8.00. The SMILES string of the molecule is COCCN(CCC(C)(C#N)NC1CC1)C(C)C1CC1. The molecule has 0 bridgehead atoms. The summed E-state index contributed by atoms with van der Waals surface area (Å²) in [6, 6.07) is 3.67. The van der Waals surface area contributed by atoms with Crippen molar-refractivity contribution in [1.29, 1.82) is 5.26 Å². The number of rotatable bonds is 10. The zero-order valence-electron chi connectivity index (χ0n) is 13.2. The Morgan fingerprint density at radius 1 is 1.35 bits per heavy atom. The number of hydrogen-bond acceptors (Lipinski definition) is 4. The van der Waals surface area contributed by atoms with Crippen molar-refractivity contribution in [1.82, 2.24) is 10.2 Å². The molecule has 4 nitrogen and oxygen atoms in total. The molecule has 0 aromatic rings. The summed E-state index contributed by atoms with van der Waals surface area (Å²) in [6.45, 7) is 7.09. The van der Waals surface area contributed by atoms with E-state index in [1.54, 1.807) is 7.11 Å². The lowest BCUT2D eigenvalue weighted by Crippen LogP contribution is -2.47. The van der Waals surface area contributed by atoms with Gasteiger partial charge in [0.15, 0.2) is 0 Å². The molecule has 0 aliphatic heterocycles. The molecule has 0 heterocycles. The van der Waals surface area contributed by atoms with Crippen molar-refractivity contribution in [2.45, 2.75) is 63.6 Å². The monoisotopic (exact) mass is 279 g/mol. The molecule has 20 heavy (non-hydrogen) atoms. The Kier molecular flexibility index (Phi) is 5.42. The summed E-state index contributed by atoms with van der Waals surface area (Å²) in [4.78, 5) is 2.51. The molecule has 0 radical (unpaired) electrons. The first-order valence-electron chi connectivity index (χ1n) is 8.00. The first-order chi connectivity index (χ1) is 9.58. The second-order valence-corrected chi connectivity index (χ2v) is 6.72. The fraction of sp³-hybridized carbons (Fsp3) is 0.938. The topological polar surface area (TPSA) is 48.3 Å². The van der Waals surface area contributed by atoms with Crippen LogP contribution in [0.3, 0.4) is 0 Å². The minimum Gasteiger partial charge on any atom is -0.383 e. The molecule has 0 aromatic heterocycles. The Bertz CT molecular complexity index is 346. The Morgan fingerprint density at radius 3 is 2.55 bits per heavy atom. The van der Waals surface area contributed by atoms with Crippen LogP contribution in [-0.2, 0) is 4.74 Å². The van der Waals surface area contributed by atoms with E-state index >= 15 is 0 Å². The van der Waals surface area contributed by atoms with Gasteiger partial charge in [0.2, 0.25) is 0 Å². The summed E-state index contributed by atoms with van der Waals surface area (Å²) in [5, 5.41) is 12.9. The average Bonchev–Trinajstić information content (AvgIpc) is 3.31. The van der Waals surface area contributed by atoms with E-state index in [0.717, 1.165) is 32.0 Å². The van der Waals surface area contributed by atoms with Crippen LogP contribution in [-0.4, -0.2) is 49.3 Å². The summed E-state index contributed by atoms with van der Waals surface area (Å²) in [7, 11) is 1.76. The summed E-state index contributed by atoms with van der Waals surface area (Å²) in [5.74, 6) is 0.858. The van der Waals surface area contributed by atoms with Gasteiger partial charge < -0.3 is 4.74 Å². The molecule has 2 aliphatic carbocycles. The van der Waals surface area contributed by atoms with Crippen molar-refractivity contribution in [2.24, 2.45) is 5.92 Å². The first kappa shape index (κ1) is 15.8. The quantitative estimate of drug-likeness (QED) is 0.666. The van der Waals surface area contributed by atoms with Gasteiger partial charge in [-0.1, -0.05) is 0 Å². The third-order valence-electron chi connectivity index (χ3n) is 4.71. The van der Waals surface area contributed by atoms with Gasteiger partial charge in [-0.05, 0) is 51.9 Å². The molecule has 2 unspecified atom stereocenters.